The Labute approximate surface area is 126 Å². The van der Waals surface area contributed by atoms with Gasteiger partial charge in [0.1, 0.15) is 16.1 Å². The number of thiophene rings is 1. The van der Waals surface area contributed by atoms with E-state index >= 15 is 0 Å². The minimum atomic E-state index is -0.167. The van der Waals surface area contributed by atoms with E-state index in [9.17, 15) is 4.79 Å². The molecule has 7 heteroatoms. The molecule has 0 bridgehead atoms. The second-order valence-corrected chi connectivity index (χ2v) is 6.43. The molecule has 0 saturated carbocycles. The van der Waals surface area contributed by atoms with Gasteiger partial charge < -0.3 is 4.42 Å². The quantitative estimate of drug-likeness (QED) is 0.569. The molecule has 0 unspecified atom stereocenters. The van der Waals surface area contributed by atoms with Crippen LogP contribution in [0.15, 0.2) is 38.9 Å². The first-order valence-electron chi connectivity index (χ1n) is 6.22. The van der Waals surface area contributed by atoms with E-state index in [1.165, 1.54) is 15.9 Å². The van der Waals surface area contributed by atoms with Crippen molar-refractivity contribution in [1.29, 1.82) is 0 Å². The normalized spacial score (nSPS) is 12.5. The average Bonchev–Trinajstić information content (AvgIpc) is 3.18. The maximum Gasteiger partial charge on any atom is 0.291 e. The molecular formula is C14H9N3O2S2. The summed E-state index contributed by atoms with van der Waals surface area (Å²) in [5.41, 5.74) is -0.167. The fourth-order valence-corrected chi connectivity index (χ4v) is 3.54. The second kappa shape index (κ2) is 4.64. The van der Waals surface area contributed by atoms with Crippen LogP contribution in [-0.2, 0) is 0 Å². The Kier molecular flexibility index (Phi) is 2.76. The Morgan fingerprint density at radius 1 is 1.33 bits per heavy atom. The molecule has 104 valence electrons. The molecule has 0 amide bonds. The highest BCUT2D eigenvalue weighted by atomic mass is 32.1. The maximum absolute atomic E-state index is 12.3. The first kappa shape index (κ1) is 12.5. The third kappa shape index (κ3) is 2.10. The monoisotopic (exact) mass is 315 g/mol. The van der Waals surface area contributed by atoms with Crippen molar-refractivity contribution in [2.45, 2.75) is 6.92 Å². The molecule has 0 spiro atoms. The number of hydrogen-bond donors (Lipinski definition) is 0. The van der Waals surface area contributed by atoms with Crippen molar-refractivity contribution in [2.24, 2.45) is 0 Å². The number of aromatic nitrogens is 3. The highest BCUT2D eigenvalue weighted by Crippen LogP contribution is 2.21. The van der Waals surface area contributed by atoms with E-state index in [1.807, 2.05) is 36.6 Å². The molecule has 4 heterocycles. The van der Waals surface area contributed by atoms with Crippen molar-refractivity contribution in [2.75, 3.05) is 0 Å². The molecule has 0 atom stereocenters. The van der Waals surface area contributed by atoms with E-state index in [1.54, 1.807) is 17.4 Å². The Bertz CT molecular complexity index is 1020. The lowest BCUT2D eigenvalue weighted by Gasteiger charge is -1.84. The van der Waals surface area contributed by atoms with Crippen LogP contribution in [0.1, 0.15) is 11.5 Å². The Morgan fingerprint density at radius 3 is 2.90 bits per heavy atom. The van der Waals surface area contributed by atoms with Crippen LogP contribution in [0.25, 0.3) is 21.7 Å². The van der Waals surface area contributed by atoms with Crippen LogP contribution in [0.5, 0.6) is 0 Å². The predicted octanol–water partition coefficient (Wildman–Crippen LogP) is 2.33. The molecule has 0 aliphatic carbocycles. The topological polar surface area (TPSA) is 60.4 Å². The van der Waals surface area contributed by atoms with E-state index in [2.05, 4.69) is 10.1 Å². The molecule has 0 aliphatic heterocycles. The highest BCUT2D eigenvalue weighted by molar-refractivity contribution is 7.15. The summed E-state index contributed by atoms with van der Waals surface area (Å²) >= 11 is 2.86. The van der Waals surface area contributed by atoms with Crippen molar-refractivity contribution < 1.29 is 4.42 Å². The van der Waals surface area contributed by atoms with E-state index < -0.39 is 0 Å². The minimum absolute atomic E-state index is 0.167. The molecule has 4 rings (SSSR count). The first-order valence-corrected chi connectivity index (χ1v) is 7.92. The van der Waals surface area contributed by atoms with Crippen molar-refractivity contribution in [3.8, 4) is 10.7 Å². The molecule has 0 fully saturated rings. The van der Waals surface area contributed by atoms with Crippen LogP contribution in [0, 0.1) is 6.92 Å². The van der Waals surface area contributed by atoms with Gasteiger partial charge in [-0.15, -0.1) is 16.4 Å². The number of nitrogens with zero attached hydrogens (tertiary/aromatic N) is 3. The molecule has 4 aromatic rings. The summed E-state index contributed by atoms with van der Waals surface area (Å²) in [5, 5.41) is 6.24. The zero-order chi connectivity index (χ0) is 14.4. The molecule has 4 aromatic heterocycles. The van der Waals surface area contributed by atoms with Crippen LogP contribution in [0.4, 0.5) is 0 Å². The predicted molar refractivity (Wildman–Crippen MR) is 82.7 cm³/mol. The molecule has 0 N–H and O–H groups in total. The van der Waals surface area contributed by atoms with Gasteiger partial charge in [-0.05, 0) is 30.5 Å². The average molecular weight is 315 g/mol. The lowest BCUT2D eigenvalue weighted by molar-refractivity contribution is 0.525. The number of thiazole rings is 1. The van der Waals surface area contributed by atoms with Crippen molar-refractivity contribution in [1.82, 2.24) is 14.6 Å². The fourth-order valence-electron chi connectivity index (χ4n) is 2.00. The van der Waals surface area contributed by atoms with Crippen molar-refractivity contribution >= 4 is 33.7 Å². The zero-order valence-corrected chi connectivity index (χ0v) is 12.6. The lowest BCUT2D eigenvalue weighted by Crippen LogP contribution is -2.23. The molecule has 0 saturated heterocycles. The molecule has 0 radical (unpaired) electrons. The zero-order valence-electron chi connectivity index (χ0n) is 10.9. The van der Waals surface area contributed by atoms with E-state index in [0.29, 0.717) is 21.1 Å². The third-order valence-corrected chi connectivity index (χ3v) is 4.78. The number of aryl methyl sites for hydroxylation is 1. The van der Waals surface area contributed by atoms with Crippen molar-refractivity contribution in [3.05, 3.63) is 56.1 Å². The number of rotatable bonds is 2. The summed E-state index contributed by atoms with van der Waals surface area (Å²) in [6.07, 6.45) is 1.72. The minimum Gasteiger partial charge on any atom is -0.462 e. The second-order valence-electron chi connectivity index (χ2n) is 4.47. The third-order valence-electron chi connectivity index (χ3n) is 2.96. The summed E-state index contributed by atoms with van der Waals surface area (Å²) in [5.74, 6) is 2.06. The molecule has 0 aromatic carbocycles. The Morgan fingerprint density at radius 2 is 2.24 bits per heavy atom. The standard InChI is InChI=1S/C14H9N3O2S2/c1-8-4-5-9(19-8)7-11-13(18)17-14(21-11)15-12(16-17)10-3-2-6-20-10/h2-7H,1H3/b11-7-. The number of furan rings is 1. The molecular weight excluding hydrogens is 306 g/mol. The fraction of sp³-hybridized carbons (Fsp3) is 0.0714. The summed E-state index contributed by atoms with van der Waals surface area (Å²) in [7, 11) is 0. The van der Waals surface area contributed by atoms with Crippen LogP contribution in [-0.4, -0.2) is 14.6 Å². The van der Waals surface area contributed by atoms with Crippen LogP contribution in [0.3, 0.4) is 0 Å². The smallest absolute Gasteiger partial charge is 0.291 e. The first-order chi connectivity index (χ1) is 10.2. The summed E-state index contributed by atoms with van der Waals surface area (Å²) in [4.78, 5) is 18.3. The number of hydrogen-bond acceptors (Lipinski definition) is 6. The van der Waals surface area contributed by atoms with Gasteiger partial charge in [-0.25, -0.2) is 0 Å². The Hall–Kier alpha value is -2.25. The van der Waals surface area contributed by atoms with Gasteiger partial charge in [-0.2, -0.15) is 9.50 Å². The van der Waals surface area contributed by atoms with Crippen molar-refractivity contribution in [3.63, 3.8) is 0 Å². The van der Waals surface area contributed by atoms with Gasteiger partial charge in [0.15, 0.2) is 5.82 Å². The van der Waals surface area contributed by atoms with Gasteiger partial charge in [-0.3, -0.25) is 4.79 Å². The molecule has 21 heavy (non-hydrogen) atoms. The molecule has 0 aliphatic rings. The van der Waals surface area contributed by atoms with Gasteiger partial charge in [0.05, 0.1) is 4.88 Å². The summed E-state index contributed by atoms with van der Waals surface area (Å²) in [6.45, 7) is 1.87. The van der Waals surface area contributed by atoms with E-state index in [4.69, 9.17) is 4.42 Å². The van der Waals surface area contributed by atoms with Crippen LogP contribution in [0.2, 0.25) is 0 Å². The Balaban J connectivity index is 1.86. The van der Waals surface area contributed by atoms with Crippen LogP contribution < -0.4 is 10.1 Å². The van der Waals surface area contributed by atoms with Crippen LogP contribution >= 0.6 is 22.7 Å². The van der Waals surface area contributed by atoms with Gasteiger partial charge in [-0.1, -0.05) is 17.4 Å². The van der Waals surface area contributed by atoms with Gasteiger partial charge in [0.2, 0.25) is 4.96 Å². The summed E-state index contributed by atoms with van der Waals surface area (Å²) < 4.78 is 7.38. The van der Waals surface area contributed by atoms with Gasteiger partial charge in [0.25, 0.3) is 5.56 Å². The maximum atomic E-state index is 12.3. The van der Waals surface area contributed by atoms with Gasteiger partial charge in [0, 0.05) is 6.08 Å². The summed E-state index contributed by atoms with van der Waals surface area (Å²) in [6, 6.07) is 7.57. The van der Waals surface area contributed by atoms with E-state index in [-0.39, 0.29) is 5.56 Å². The van der Waals surface area contributed by atoms with E-state index in [0.717, 1.165) is 10.6 Å². The number of fused-ring (bicyclic) bond motifs is 1. The largest absolute Gasteiger partial charge is 0.462 e. The van der Waals surface area contributed by atoms with Gasteiger partial charge >= 0.3 is 0 Å². The lowest BCUT2D eigenvalue weighted by atomic mass is 10.4. The SMILES string of the molecule is Cc1ccc(/C=c2\sc3nc(-c4cccs4)nn3c2=O)o1. The molecule has 5 nitrogen and oxygen atoms in total. The highest BCUT2D eigenvalue weighted by Gasteiger charge is 2.12.